The standard InChI is InChI=1S/C12H23NO3/c1-9(2)13-8-12(3,4)7-10(15-5)11(14)16-6/h7,9,13H,8H2,1-6H3/b10-7-. The van der Waals surface area contributed by atoms with Crippen molar-refractivity contribution >= 4 is 5.97 Å². The first kappa shape index (κ1) is 15.0. The summed E-state index contributed by atoms with van der Waals surface area (Å²) in [6.07, 6.45) is 1.79. The summed E-state index contributed by atoms with van der Waals surface area (Å²) in [6.45, 7) is 9.00. The van der Waals surface area contributed by atoms with Crippen LogP contribution in [0.3, 0.4) is 0 Å². The van der Waals surface area contributed by atoms with Crippen LogP contribution in [0.15, 0.2) is 11.8 Å². The van der Waals surface area contributed by atoms with Crippen molar-refractivity contribution in [3.63, 3.8) is 0 Å². The first-order chi connectivity index (χ1) is 7.32. The van der Waals surface area contributed by atoms with Crippen LogP contribution in [0.4, 0.5) is 0 Å². The Morgan fingerprint density at radius 3 is 2.25 bits per heavy atom. The van der Waals surface area contributed by atoms with Gasteiger partial charge >= 0.3 is 5.97 Å². The summed E-state index contributed by atoms with van der Waals surface area (Å²) >= 11 is 0. The first-order valence-electron chi connectivity index (χ1n) is 5.41. The average Bonchev–Trinajstić information content (AvgIpc) is 2.22. The van der Waals surface area contributed by atoms with Gasteiger partial charge in [0.1, 0.15) is 0 Å². The van der Waals surface area contributed by atoms with E-state index in [4.69, 9.17) is 4.74 Å². The number of hydrogen-bond donors (Lipinski definition) is 1. The van der Waals surface area contributed by atoms with E-state index < -0.39 is 5.97 Å². The summed E-state index contributed by atoms with van der Waals surface area (Å²) in [7, 11) is 2.81. The fraction of sp³-hybridized carbons (Fsp3) is 0.750. The molecular formula is C12H23NO3. The zero-order valence-electron chi connectivity index (χ0n) is 11.1. The van der Waals surface area contributed by atoms with Gasteiger partial charge in [0.2, 0.25) is 5.76 Å². The zero-order valence-corrected chi connectivity index (χ0v) is 11.1. The molecule has 0 saturated carbocycles. The fourth-order valence-electron chi connectivity index (χ4n) is 1.17. The van der Waals surface area contributed by atoms with Crippen molar-refractivity contribution in [1.29, 1.82) is 0 Å². The summed E-state index contributed by atoms with van der Waals surface area (Å²) in [6, 6.07) is 0.414. The molecule has 0 bridgehead atoms. The highest BCUT2D eigenvalue weighted by Crippen LogP contribution is 2.19. The molecule has 0 heterocycles. The van der Waals surface area contributed by atoms with Gasteiger partial charge in [-0.05, 0) is 11.5 Å². The highest BCUT2D eigenvalue weighted by Gasteiger charge is 2.20. The van der Waals surface area contributed by atoms with Crippen molar-refractivity contribution in [2.24, 2.45) is 5.41 Å². The lowest BCUT2D eigenvalue weighted by Gasteiger charge is -2.23. The van der Waals surface area contributed by atoms with Crippen molar-refractivity contribution in [3.8, 4) is 0 Å². The number of carbonyl (C=O) groups excluding carboxylic acids is 1. The van der Waals surface area contributed by atoms with E-state index in [2.05, 4.69) is 23.9 Å². The highest BCUT2D eigenvalue weighted by atomic mass is 16.6. The second kappa shape index (κ2) is 6.53. The minimum absolute atomic E-state index is 0.163. The molecule has 1 N–H and O–H groups in total. The van der Waals surface area contributed by atoms with Crippen LogP contribution >= 0.6 is 0 Å². The Hall–Kier alpha value is -1.03. The maximum atomic E-state index is 11.3. The van der Waals surface area contributed by atoms with Gasteiger partial charge in [-0.15, -0.1) is 0 Å². The predicted molar refractivity (Wildman–Crippen MR) is 64.0 cm³/mol. The lowest BCUT2D eigenvalue weighted by Crippen LogP contribution is -2.33. The van der Waals surface area contributed by atoms with Crippen LogP contribution in [-0.2, 0) is 14.3 Å². The smallest absolute Gasteiger partial charge is 0.372 e. The normalized spacial score (nSPS) is 12.8. The van der Waals surface area contributed by atoms with Gasteiger partial charge in [0.15, 0.2) is 0 Å². The van der Waals surface area contributed by atoms with E-state index in [-0.39, 0.29) is 11.2 Å². The zero-order chi connectivity index (χ0) is 12.8. The van der Waals surface area contributed by atoms with Crippen LogP contribution in [0, 0.1) is 5.41 Å². The molecule has 0 saturated heterocycles. The Bertz CT molecular complexity index is 257. The third kappa shape index (κ3) is 5.75. The van der Waals surface area contributed by atoms with Crippen molar-refractivity contribution < 1.29 is 14.3 Å². The number of nitrogens with one attached hydrogen (secondary N) is 1. The Kier molecular flexibility index (Phi) is 6.11. The van der Waals surface area contributed by atoms with Crippen molar-refractivity contribution in [3.05, 3.63) is 11.8 Å². The van der Waals surface area contributed by atoms with Crippen molar-refractivity contribution in [2.45, 2.75) is 33.7 Å². The van der Waals surface area contributed by atoms with Crippen LogP contribution in [0.25, 0.3) is 0 Å². The second-order valence-electron chi connectivity index (χ2n) is 4.73. The van der Waals surface area contributed by atoms with Crippen LogP contribution in [0.1, 0.15) is 27.7 Å². The van der Waals surface area contributed by atoms with Gasteiger partial charge < -0.3 is 14.8 Å². The van der Waals surface area contributed by atoms with E-state index in [1.54, 1.807) is 6.08 Å². The third-order valence-electron chi connectivity index (χ3n) is 2.09. The molecular weight excluding hydrogens is 206 g/mol. The van der Waals surface area contributed by atoms with Crippen LogP contribution < -0.4 is 5.32 Å². The first-order valence-corrected chi connectivity index (χ1v) is 5.41. The topological polar surface area (TPSA) is 47.6 Å². The predicted octanol–water partition coefficient (Wildman–Crippen LogP) is 1.71. The number of rotatable bonds is 6. The molecule has 0 aromatic carbocycles. The Balaban J connectivity index is 4.60. The summed E-state index contributed by atoms with van der Waals surface area (Å²) in [5.41, 5.74) is -0.163. The molecule has 4 heteroatoms. The molecule has 0 spiro atoms. The van der Waals surface area contributed by atoms with Gasteiger partial charge in [0.25, 0.3) is 0 Å². The molecule has 0 aromatic heterocycles. The Labute approximate surface area is 98.0 Å². The van der Waals surface area contributed by atoms with E-state index in [0.717, 1.165) is 6.54 Å². The minimum Gasteiger partial charge on any atom is -0.490 e. The minimum atomic E-state index is -0.444. The van der Waals surface area contributed by atoms with E-state index >= 15 is 0 Å². The maximum Gasteiger partial charge on any atom is 0.372 e. The second-order valence-corrected chi connectivity index (χ2v) is 4.73. The summed E-state index contributed by atoms with van der Waals surface area (Å²) in [5.74, 6) is -0.196. The van der Waals surface area contributed by atoms with Crippen molar-refractivity contribution in [2.75, 3.05) is 20.8 Å². The molecule has 0 atom stereocenters. The molecule has 4 nitrogen and oxygen atoms in total. The van der Waals surface area contributed by atoms with E-state index in [9.17, 15) is 4.79 Å². The molecule has 16 heavy (non-hydrogen) atoms. The molecule has 0 aliphatic heterocycles. The molecule has 94 valence electrons. The third-order valence-corrected chi connectivity index (χ3v) is 2.09. The SMILES string of the molecule is COC(=O)/C(=C/C(C)(C)CNC(C)C)OC. The lowest BCUT2D eigenvalue weighted by molar-refractivity contribution is -0.139. The largest absolute Gasteiger partial charge is 0.490 e. The maximum absolute atomic E-state index is 11.3. The fourth-order valence-corrected chi connectivity index (χ4v) is 1.17. The molecule has 0 aliphatic rings. The summed E-state index contributed by atoms with van der Waals surface area (Å²) in [5, 5.41) is 3.32. The van der Waals surface area contributed by atoms with Crippen LogP contribution in [0.2, 0.25) is 0 Å². The molecule has 0 unspecified atom stereocenters. The van der Waals surface area contributed by atoms with E-state index in [1.807, 2.05) is 13.8 Å². The molecule has 0 rings (SSSR count). The van der Waals surface area contributed by atoms with Gasteiger partial charge in [0.05, 0.1) is 14.2 Å². The molecule has 0 fully saturated rings. The Morgan fingerprint density at radius 2 is 1.88 bits per heavy atom. The van der Waals surface area contributed by atoms with Crippen LogP contribution in [-0.4, -0.2) is 32.8 Å². The highest BCUT2D eigenvalue weighted by molar-refractivity contribution is 5.86. The number of ether oxygens (including phenoxy) is 2. The molecule has 0 radical (unpaired) electrons. The lowest BCUT2D eigenvalue weighted by atomic mass is 9.92. The van der Waals surface area contributed by atoms with Crippen LogP contribution in [0.5, 0.6) is 0 Å². The summed E-state index contributed by atoms with van der Waals surface area (Å²) < 4.78 is 9.63. The monoisotopic (exact) mass is 229 g/mol. The van der Waals surface area contributed by atoms with Gasteiger partial charge in [-0.25, -0.2) is 4.79 Å². The molecule has 0 aliphatic carbocycles. The van der Waals surface area contributed by atoms with Gasteiger partial charge in [0, 0.05) is 12.6 Å². The van der Waals surface area contributed by atoms with Crippen molar-refractivity contribution in [1.82, 2.24) is 5.32 Å². The van der Waals surface area contributed by atoms with Gasteiger partial charge in [-0.1, -0.05) is 27.7 Å². The average molecular weight is 229 g/mol. The van der Waals surface area contributed by atoms with E-state index in [1.165, 1.54) is 14.2 Å². The number of esters is 1. The number of carbonyl (C=O) groups is 1. The van der Waals surface area contributed by atoms with E-state index in [0.29, 0.717) is 6.04 Å². The number of methoxy groups -OCH3 is 2. The molecule has 0 amide bonds. The molecule has 0 aromatic rings. The number of hydrogen-bond acceptors (Lipinski definition) is 4. The quantitative estimate of drug-likeness (QED) is 0.428. The Morgan fingerprint density at radius 1 is 1.31 bits per heavy atom. The summed E-state index contributed by atoms with van der Waals surface area (Å²) in [4.78, 5) is 11.3. The van der Waals surface area contributed by atoms with Gasteiger partial charge in [-0.3, -0.25) is 0 Å². The van der Waals surface area contributed by atoms with Gasteiger partial charge in [-0.2, -0.15) is 0 Å².